The van der Waals surface area contributed by atoms with Crippen molar-refractivity contribution < 1.29 is 4.79 Å². The summed E-state index contributed by atoms with van der Waals surface area (Å²) in [5, 5.41) is 2.93. The highest BCUT2D eigenvalue weighted by Crippen LogP contribution is 2.29. The Kier molecular flexibility index (Phi) is 4.33. The van der Waals surface area contributed by atoms with E-state index in [1.165, 1.54) is 6.42 Å². The number of hydrogen-bond donors (Lipinski definition) is 2. The minimum Gasteiger partial charge on any atom is -0.397 e. The number of nitrogen functional groups attached to an aromatic ring is 1. The van der Waals surface area contributed by atoms with Crippen molar-refractivity contribution in [3.05, 3.63) is 24.3 Å². The fourth-order valence-electron chi connectivity index (χ4n) is 2.81. The molecule has 1 aliphatic rings. The molecular weight excluding hydrogens is 250 g/mol. The maximum atomic E-state index is 12.4. The minimum atomic E-state index is -0.130. The van der Waals surface area contributed by atoms with E-state index in [9.17, 15) is 4.79 Å². The lowest BCUT2D eigenvalue weighted by Crippen LogP contribution is -2.49. The van der Waals surface area contributed by atoms with Gasteiger partial charge in [-0.2, -0.15) is 0 Å². The summed E-state index contributed by atoms with van der Waals surface area (Å²) >= 11 is 0. The molecule has 1 atom stereocenters. The maximum Gasteiger partial charge on any atom is 0.241 e. The van der Waals surface area contributed by atoms with Crippen molar-refractivity contribution in [3.63, 3.8) is 0 Å². The number of amides is 1. The number of nitrogens with zero attached hydrogens (tertiary/aromatic N) is 1. The number of nitrogens with two attached hydrogens (primary N) is 1. The predicted octanol–water partition coefficient (Wildman–Crippen LogP) is 2.72. The lowest BCUT2D eigenvalue weighted by atomic mass is 9.83. The minimum absolute atomic E-state index is 0.0144. The van der Waals surface area contributed by atoms with Gasteiger partial charge in [-0.15, -0.1) is 0 Å². The highest BCUT2D eigenvalue weighted by atomic mass is 16.2. The van der Waals surface area contributed by atoms with Gasteiger partial charge in [0, 0.05) is 6.54 Å². The zero-order valence-corrected chi connectivity index (χ0v) is 12.6. The van der Waals surface area contributed by atoms with Crippen LogP contribution < -0.4 is 11.1 Å². The van der Waals surface area contributed by atoms with E-state index in [2.05, 4.69) is 24.1 Å². The molecule has 1 aromatic rings. The average Bonchev–Trinajstić information content (AvgIpc) is 2.39. The number of carbonyl (C=O) groups excluding carboxylic acids is 1. The Balaban J connectivity index is 2.00. The summed E-state index contributed by atoms with van der Waals surface area (Å²) in [6.45, 7) is 8.45. The number of rotatable bonds is 3. The molecule has 2 rings (SSSR count). The molecule has 20 heavy (non-hydrogen) atoms. The first kappa shape index (κ1) is 14.9. The lowest BCUT2D eigenvalue weighted by molar-refractivity contribution is -0.121. The van der Waals surface area contributed by atoms with Gasteiger partial charge in [0.2, 0.25) is 5.91 Å². The van der Waals surface area contributed by atoms with Gasteiger partial charge >= 0.3 is 0 Å². The monoisotopic (exact) mass is 275 g/mol. The van der Waals surface area contributed by atoms with E-state index < -0.39 is 0 Å². The van der Waals surface area contributed by atoms with Gasteiger partial charge in [-0.3, -0.25) is 9.69 Å². The molecule has 0 aliphatic carbocycles. The standard InChI is InChI=1S/C16H25N3O/c1-12(19-10-6-9-16(2,3)11-19)15(20)18-14-8-5-4-7-13(14)17/h4-5,7-8,12H,6,9-11,17H2,1-3H3,(H,18,20). The summed E-state index contributed by atoms with van der Waals surface area (Å²) in [5.74, 6) is 0.0144. The number of nitrogens with one attached hydrogen (secondary N) is 1. The van der Waals surface area contributed by atoms with Crippen LogP contribution in [0, 0.1) is 5.41 Å². The number of hydrogen-bond acceptors (Lipinski definition) is 3. The first-order valence-corrected chi connectivity index (χ1v) is 7.28. The normalized spacial score (nSPS) is 20.4. The van der Waals surface area contributed by atoms with Crippen LogP contribution >= 0.6 is 0 Å². The molecule has 1 amide bonds. The molecule has 1 heterocycles. The van der Waals surface area contributed by atoms with E-state index in [4.69, 9.17) is 5.73 Å². The van der Waals surface area contributed by atoms with Crippen molar-refractivity contribution in [1.82, 2.24) is 4.90 Å². The van der Waals surface area contributed by atoms with Gasteiger partial charge in [0.05, 0.1) is 17.4 Å². The van der Waals surface area contributed by atoms with Crippen LogP contribution in [-0.2, 0) is 4.79 Å². The molecule has 3 N–H and O–H groups in total. The fraction of sp³-hybridized carbons (Fsp3) is 0.562. The fourth-order valence-corrected chi connectivity index (χ4v) is 2.81. The summed E-state index contributed by atoms with van der Waals surface area (Å²) in [6, 6.07) is 7.24. The molecule has 0 aromatic heterocycles. The summed E-state index contributed by atoms with van der Waals surface area (Å²) in [7, 11) is 0. The molecule has 0 radical (unpaired) electrons. The molecule has 1 aliphatic heterocycles. The van der Waals surface area contributed by atoms with Crippen LogP contribution in [0.1, 0.15) is 33.6 Å². The molecule has 0 bridgehead atoms. The second kappa shape index (κ2) is 5.83. The van der Waals surface area contributed by atoms with Crippen molar-refractivity contribution in [2.45, 2.75) is 39.7 Å². The van der Waals surface area contributed by atoms with Crippen LogP contribution in [0.5, 0.6) is 0 Å². The molecule has 0 spiro atoms. The smallest absolute Gasteiger partial charge is 0.241 e. The number of para-hydroxylation sites is 2. The SMILES string of the molecule is CC(C(=O)Nc1ccccc1N)N1CCCC(C)(C)C1. The van der Waals surface area contributed by atoms with Crippen molar-refractivity contribution in [2.24, 2.45) is 5.41 Å². The van der Waals surface area contributed by atoms with E-state index in [-0.39, 0.29) is 11.9 Å². The zero-order valence-electron chi connectivity index (χ0n) is 12.6. The Labute approximate surface area is 121 Å². The largest absolute Gasteiger partial charge is 0.397 e. The van der Waals surface area contributed by atoms with E-state index >= 15 is 0 Å². The number of anilines is 2. The molecule has 1 unspecified atom stereocenters. The van der Waals surface area contributed by atoms with Crippen molar-refractivity contribution in [3.8, 4) is 0 Å². The van der Waals surface area contributed by atoms with E-state index in [1.807, 2.05) is 25.1 Å². The van der Waals surface area contributed by atoms with Crippen molar-refractivity contribution in [1.29, 1.82) is 0 Å². The molecular formula is C16H25N3O. The summed E-state index contributed by atoms with van der Waals surface area (Å²) in [6.07, 6.45) is 2.38. The Bertz CT molecular complexity index is 484. The third kappa shape index (κ3) is 3.51. The topological polar surface area (TPSA) is 58.4 Å². The van der Waals surface area contributed by atoms with Gasteiger partial charge in [-0.1, -0.05) is 26.0 Å². The zero-order chi connectivity index (χ0) is 14.8. The van der Waals surface area contributed by atoms with Gasteiger partial charge in [-0.05, 0) is 43.9 Å². The van der Waals surface area contributed by atoms with Crippen LogP contribution in [-0.4, -0.2) is 29.9 Å². The first-order chi connectivity index (χ1) is 9.39. The number of carbonyl (C=O) groups is 1. The number of piperidine rings is 1. The van der Waals surface area contributed by atoms with Crippen molar-refractivity contribution >= 4 is 17.3 Å². The molecule has 4 heteroatoms. The van der Waals surface area contributed by atoms with Crippen LogP contribution in [0.15, 0.2) is 24.3 Å². The Morgan fingerprint density at radius 1 is 1.40 bits per heavy atom. The second-order valence-electron chi connectivity index (χ2n) is 6.49. The third-order valence-electron chi connectivity index (χ3n) is 4.08. The van der Waals surface area contributed by atoms with Gasteiger partial charge < -0.3 is 11.1 Å². The maximum absolute atomic E-state index is 12.4. The molecule has 1 fully saturated rings. The number of likely N-dealkylation sites (tertiary alicyclic amines) is 1. The first-order valence-electron chi connectivity index (χ1n) is 7.28. The molecule has 110 valence electrons. The van der Waals surface area contributed by atoms with Gasteiger partial charge in [0.25, 0.3) is 0 Å². The van der Waals surface area contributed by atoms with E-state index in [1.54, 1.807) is 6.07 Å². The van der Waals surface area contributed by atoms with Gasteiger partial charge in [0.1, 0.15) is 0 Å². The highest BCUT2D eigenvalue weighted by Gasteiger charge is 2.31. The highest BCUT2D eigenvalue weighted by molar-refractivity contribution is 5.97. The van der Waals surface area contributed by atoms with Crippen LogP contribution in [0.25, 0.3) is 0 Å². The summed E-state index contributed by atoms with van der Waals surface area (Å²) < 4.78 is 0. The Hall–Kier alpha value is -1.55. The Morgan fingerprint density at radius 2 is 2.10 bits per heavy atom. The van der Waals surface area contributed by atoms with Crippen LogP contribution in [0.3, 0.4) is 0 Å². The molecule has 1 saturated heterocycles. The Morgan fingerprint density at radius 3 is 2.75 bits per heavy atom. The third-order valence-corrected chi connectivity index (χ3v) is 4.08. The quantitative estimate of drug-likeness (QED) is 0.834. The average molecular weight is 275 g/mol. The van der Waals surface area contributed by atoms with Gasteiger partial charge in [0.15, 0.2) is 0 Å². The molecule has 4 nitrogen and oxygen atoms in total. The van der Waals surface area contributed by atoms with E-state index in [0.29, 0.717) is 16.8 Å². The number of benzene rings is 1. The second-order valence-corrected chi connectivity index (χ2v) is 6.49. The predicted molar refractivity (Wildman–Crippen MR) is 83.5 cm³/mol. The molecule has 1 aromatic carbocycles. The van der Waals surface area contributed by atoms with Crippen molar-refractivity contribution in [2.75, 3.05) is 24.1 Å². The van der Waals surface area contributed by atoms with E-state index in [0.717, 1.165) is 19.5 Å². The summed E-state index contributed by atoms with van der Waals surface area (Å²) in [5.41, 5.74) is 7.45. The summed E-state index contributed by atoms with van der Waals surface area (Å²) in [4.78, 5) is 14.6. The molecule has 0 saturated carbocycles. The van der Waals surface area contributed by atoms with Gasteiger partial charge in [-0.25, -0.2) is 0 Å². The van der Waals surface area contributed by atoms with Crippen LogP contribution in [0.4, 0.5) is 11.4 Å². The van der Waals surface area contributed by atoms with Crippen LogP contribution in [0.2, 0.25) is 0 Å². The lowest BCUT2D eigenvalue weighted by Gasteiger charge is -2.40.